The van der Waals surface area contributed by atoms with Crippen LogP contribution in [0, 0.1) is 6.92 Å². The van der Waals surface area contributed by atoms with E-state index in [1.807, 2.05) is 43.3 Å². The van der Waals surface area contributed by atoms with E-state index in [1.165, 1.54) is 29.6 Å². The summed E-state index contributed by atoms with van der Waals surface area (Å²) >= 11 is 0. The lowest BCUT2D eigenvalue weighted by molar-refractivity contribution is 0.102. The highest BCUT2D eigenvalue weighted by Crippen LogP contribution is 2.34. The van der Waals surface area contributed by atoms with Gasteiger partial charge in [0, 0.05) is 12.2 Å². The number of aryl methyl sites for hydroxylation is 1. The van der Waals surface area contributed by atoms with Gasteiger partial charge >= 0.3 is 0 Å². The molecular formula is C23H22N2O4S. The third-order valence-corrected chi connectivity index (χ3v) is 6.93. The molecule has 154 valence electrons. The third kappa shape index (κ3) is 3.64. The van der Waals surface area contributed by atoms with Gasteiger partial charge in [-0.05, 0) is 60.9 Å². The van der Waals surface area contributed by atoms with Crippen LogP contribution in [0.5, 0.6) is 5.75 Å². The molecule has 6 nitrogen and oxygen atoms in total. The van der Waals surface area contributed by atoms with Crippen LogP contribution in [-0.2, 0) is 16.4 Å². The summed E-state index contributed by atoms with van der Waals surface area (Å²) in [6, 6.07) is 19.2. The number of sulfonamides is 1. The average molecular weight is 423 g/mol. The number of fused-ring (bicyclic) bond motifs is 1. The molecule has 1 N–H and O–H groups in total. The lowest BCUT2D eigenvalue weighted by Crippen LogP contribution is -2.29. The molecule has 30 heavy (non-hydrogen) atoms. The van der Waals surface area contributed by atoms with Crippen molar-refractivity contribution in [1.29, 1.82) is 0 Å². The number of hydrogen-bond donors (Lipinski definition) is 1. The van der Waals surface area contributed by atoms with E-state index in [1.54, 1.807) is 12.1 Å². The van der Waals surface area contributed by atoms with Gasteiger partial charge in [-0.25, -0.2) is 8.42 Å². The van der Waals surface area contributed by atoms with Gasteiger partial charge in [0.2, 0.25) is 0 Å². The Bertz CT molecular complexity index is 1220. The van der Waals surface area contributed by atoms with Crippen LogP contribution < -0.4 is 14.4 Å². The first-order valence-corrected chi connectivity index (χ1v) is 11.0. The number of nitrogens with zero attached hydrogens (tertiary/aromatic N) is 1. The number of benzene rings is 3. The molecule has 0 bridgehead atoms. The number of carbonyl (C=O) groups excluding carboxylic acids is 1. The molecule has 0 aromatic heterocycles. The number of ether oxygens (including phenoxy) is 1. The van der Waals surface area contributed by atoms with Gasteiger partial charge in [0.15, 0.2) is 0 Å². The van der Waals surface area contributed by atoms with Crippen LogP contribution in [0.4, 0.5) is 11.4 Å². The maximum absolute atomic E-state index is 13.3. The van der Waals surface area contributed by atoms with Crippen LogP contribution in [0.1, 0.15) is 21.5 Å². The van der Waals surface area contributed by atoms with Crippen molar-refractivity contribution in [2.45, 2.75) is 18.2 Å². The molecule has 0 unspecified atom stereocenters. The number of anilines is 2. The van der Waals surface area contributed by atoms with Crippen LogP contribution in [-0.4, -0.2) is 28.0 Å². The van der Waals surface area contributed by atoms with Crippen molar-refractivity contribution in [3.63, 3.8) is 0 Å². The van der Waals surface area contributed by atoms with Crippen molar-refractivity contribution < 1.29 is 17.9 Å². The number of methoxy groups -OCH3 is 1. The number of amides is 1. The normalized spacial score (nSPS) is 13.1. The Kier molecular flexibility index (Phi) is 5.22. The van der Waals surface area contributed by atoms with Crippen LogP contribution in [0.2, 0.25) is 0 Å². The minimum atomic E-state index is -3.81. The minimum Gasteiger partial charge on any atom is -0.496 e. The van der Waals surface area contributed by atoms with E-state index in [0.29, 0.717) is 30.1 Å². The Morgan fingerprint density at radius 3 is 2.60 bits per heavy atom. The van der Waals surface area contributed by atoms with Gasteiger partial charge in [-0.2, -0.15) is 0 Å². The van der Waals surface area contributed by atoms with Crippen molar-refractivity contribution in [2.24, 2.45) is 0 Å². The van der Waals surface area contributed by atoms with Crippen LogP contribution >= 0.6 is 0 Å². The smallest absolute Gasteiger partial charge is 0.264 e. The second kappa shape index (κ2) is 7.84. The van der Waals surface area contributed by atoms with Crippen molar-refractivity contribution in [3.05, 3.63) is 83.4 Å². The molecule has 1 aliphatic heterocycles. The first kappa shape index (κ1) is 20.0. The predicted molar refractivity (Wildman–Crippen MR) is 117 cm³/mol. The molecular weight excluding hydrogens is 400 g/mol. The number of nitrogens with one attached hydrogen (secondary N) is 1. The van der Waals surface area contributed by atoms with Gasteiger partial charge in [-0.15, -0.1) is 0 Å². The molecule has 1 heterocycles. The quantitative estimate of drug-likeness (QED) is 0.674. The largest absolute Gasteiger partial charge is 0.496 e. The van der Waals surface area contributed by atoms with E-state index in [-0.39, 0.29) is 10.5 Å². The van der Waals surface area contributed by atoms with E-state index in [9.17, 15) is 13.2 Å². The summed E-state index contributed by atoms with van der Waals surface area (Å²) < 4.78 is 33.4. The molecule has 7 heteroatoms. The topological polar surface area (TPSA) is 75.7 Å². The molecule has 0 radical (unpaired) electrons. The van der Waals surface area contributed by atoms with Crippen molar-refractivity contribution in [2.75, 3.05) is 23.3 Å². The molecule has 0 aliphatic carbocycles. The molecule has 4 rings (SSSR count). The van der Waals surface area contributed by atoms with Crippen molar-refractivity contribution in [1.82, 2.24) is 0 Å². The molecule has 0 saturated heterocycles. The maximum Gasteiger partial charge on any atom is 0.264 e. The lowest BCUT2D eigenvalue weighted by atomic mass is 10.1. The fourth-order valence-electron chi connectivity index (χ4n) is 3.63. The second-order valence-electron chi connectivity index (χ2n) is 7.14. The van der Waals surface area contributed by atoms with Gasteiger partial charge < -0.3 is 10.1 Å². The summed E-state index contributed by atoms with van der Waals surface area (Å²) in [4.78, 5) is 13.0. The molecule has 3 aromatic rings. The molecule has 0 saturated carbocycles. The fraction of sp³-hybridized carbons (Fsp3) is 0.174. The number of rotatable bonds is 5. The molecule has 1 amide bonds. The van der Waals surface area contributed by atoms with Gasteiger partial charge in [-0.3, -0.25) is 9.10 Å². The maximum atomic E-state index is 13.3. The SMILES string of the molecule is COc1ccc(S(=O)(=O)N2CCc3ccccc32)cc1C(=O)Nc1cccc(C)c1. The fourth-order valence-corrected chi connectivity index (χ4v) is 5.16. The summed E-state index contributed by atoms with van der Waals surface area (Å²) in [6.07, 6.45) is 0.659. The van der Waals surface area contributed by atoms with Crippen LogP contribution in [0.15, 0.2) is 71.6 Å². The predicted octanol–water partition coefficient (Wildman–Crippen LogP) is 4.01. The third-order valence-electron chi connectivity index (χ3n) is 5.12. The summed E-state index contributed by atoms with van der Waals surface area (Å²) in [6.45, 7) is 2.30. The Morgan fingerprint density at radius 2 is 1.83 bits per heavy atom. The Hall–Kier alpha value is -3.32. The zero-order valence-corrected chi connectivity index (χ0v) is 17.6. The number of hydrogen-bond acceptors (Lipinski definition) is 4. The molecule has 3 aromatic carbocycles. The monoisotopic (exact) mass is 422 g/mol. The number of para-hydroxylation sites is 1. The van der Waals surface area contributed by atoms with Crippen molar-refractivity contribution >= 4 is 27.3 Å². The lowest BCUT2D eigenvalue weighted by Gasteiger charge is -2.20. The Balaban J connectivity index is 1.70. The summed E-state index contributed by atoms with van der Waals surface area (Å²) in [7, 11) is -2.37. The van der Waals surface area contributed by atoms with E-state index in [0.717, 1.165) is 11.1 Å². The zero-order valence-electron chi connectivity index (χ0n) is 16.8. The van der Waals surface area contributed by atoms with E-state index >= 15 is 0 Å². The van der Waals surface area contributed by atoms with E-state index in [2.05, 4.69) is 5.32 Å². The summed E-state index contributed by atoms with van der Waals surface area (Å²) in [5.74, 6) is -0.128. The van der Waals surface area contributed by atoms with Gasteiger partial charge in [-0.1, -0.05) is 30.3 Å². The highest BCUT2D eigenvalue weighted by Gasteiger charge is 2.31. The highest BCUT2D eigenvalue weighted by atomic mass is 32.2. The summed E-state index contributed by atoms with van der Waals surface area (Å²) in [5, 5.41) is 2.81. The van der Waals surface area contributed by atoms with Crippen LogP contribution in [0.3, 0.4) is 0 Å². The van der Waals surface area contributed by atoms with E-state index in [4.69, 9.17) is 4.74 Å². The first-order valence-electron chi connectivity index (χ1n) is 9.57. The zero-order chi connectivity index (χ0) is 21.3. The molecule has 0 spiro atoms. The van der Waals surface area contributed by atoms with Crippen LogP contribution in [0.25, 0.3) is 0 Å². The number of carbonyl (C=O) groups is 1. The first-order chi connectivity index (χ1) is 14.4. The molecule has 1 aliphatic rings. The average Bonchev–Trinajstić information content (AvgIpc) is 3.18. The minimum absolute atomic E-state index is 0.0504. The van der Waals surface area contributed by atoms with Crippen molar-refractivity contribution in [3.8, 4) is 5.75 Å². The Labute approximate surface area is 176 Å². The summed E-state index contributed by atoms with van der Waals surface area (Å²) in [5.41, 5.74) is 3.46. The Morgan fingerprint density at radius 1 is 1.03 bits per heavy atom. The van der Waals surface area contributed by atoms with Gasteiger partial charge in [0.05, 0.1) is 23.3 Å². The molecule has 0 atom stereocenters. The second-order valence-corrected chi connectivity index (χ2v) is 9.00. The van der Waals surface area contributed by atoms with E-state index < -0.39 is 15.9 Å². The standard InChI is InChI=1S/C23H22N2O4S/c1-16-6-5-8-18(14-16)24-23(26)20-15-19(10-11-22(20)29-2)30(27,28)25-13-12-17-7-3-4-9-21(17)25/h3-11,14-15H,12-13H2,1-2H3,(H,24,26). The highest BCUT2D eigenvalue weighted by molar-refractivity contribution is 7.92. The molecule has 0 fully saturated rings. The van der Waals surface area contributed by atoms with Gasteiger partial charge in [0.1, 0.15) is 5.75 Å². The van der Waals surface area contributed by atoms with Gasteiger partial charge in [0.25, 0.3) is 15.9 Å².